The van der Waals surface area contributed by atoms with Crippen LogP contribution in [0.25, 0.3) is 22.3 Å². The Balaban J connectivity index is 1.87. The lowest BCUT2D eigenvalue weighted by Gasteiger charge is -2.30. The minimum atomic E-state index is -0.645. The lowest BCUT2D eigenvalue weighted by atomic mass is 9.70. The minimum absolute atomic E-state index is 0.0570. The third-order valence-electron chi connectivity index (χ3n) is 6.38. The van der Waals surface area contributed by atoms with Crippen molar-refractivity contribution in [2.75, 3.05) is 11.5 Å². The van der Waals surface area contributed by atoms with Gasteiger partial charge in [0.05, 0.1) is 16.8 Å². The predicted octanol–water partition coefficient (Wildman–Crippen LogP) is 4.61. The van der Waals surface area contributed by atoms with Crippen molar-refractivity contribution in [1.29, 1.82) is 0 Å². The van der Waals surface area contributed by atoms with Gasteiger partial charge in [0.1, 0.15) is 11.5 Å². The average molecular weight is 378 g/mol. The van der Waals surface area contributed by atoms with Crippen molar-refractivity contribution < 1.29 is 10.2 Å². The Morgan fingerprint density at radius 1 is 0.517 bits per heavy atom. The molecule has 0 radical (unpaired) electrons. The number of nitrogens with two attached hydrogens (primary N) is 2. The molecule has 2 aliphatic rings. The first kappa shape index (κ1) is 16.1. The summed E-state index contributed by atoms with van der Waals surface area (Å²) in [6.07, 6.45) is 0. The molecule has 6 N–H and O–H groups in total. The van der Waals surface area contributed by atoms with Crippen LogP contribution in [0.4, 0.5) is 11.4 Å². The average Bonchev–Trinajstić information content (AvgIpc) is 3.16. The molecule has 0 saturated heterocycles. The molecule has 2 aliphatic carbocycles. The molecule has 4 nitrogen and oxygen atoms in total. The van der Waals surface area contributed by atoms with E-state index in [1.54, 1.807) is 12.1 Å². The summed E-state index contributed by atoms with van der Waals surface area (Å²) in [5.41, 5.74) is 20.5. The number of phenols is 2. The van der Waals surface area contributed by atoms with Crippen molar-refractivity contribution in [3.8, 4) is 33.8 Å². The van der Waals surface area contributed by atoms with Gasteiger partial charge in [-0.1, -0.05) is 48.5 Å². The number of benzene rings is 4. The number of hydrogen-bond donors (Lipinski definition) is 4. The standard InChI is InChI=1S/C25H18N2O2/c26-21-9-15-13-5-1-3-7-17(13)25(19(15)11-23(21)28)18-8-4-2-6-14(18)16-10-22(27)24(29)12-20(16)25/h1-12,28-29H,26-27H2. The fourth-order valence-electron chi connectivity index (χ4n) is 5.24. The van der Waals surface area contributed by atoms with Gasteiger partial charge in [-0.2, -0.15) is 0 Å². The summed E-state index contributed by atoms with van der Waals surface area (Å²) in [7, 11) is 0. The monoisotopic (exact) mass is 378 g/mol. The summed E-state index contributed by atoms with van der Waals surface area (Å²) in [4.78, 5) is 0. The Labute approximate surface area is 167 Å². The maximum atomic E-state index is 10.5. The van der Waals surface area contributed by atoms with Crippen LogP contribution in [-0.2, 0) is 5.41 Å². The van der Waals surface area contributed by atoms with E-state index in [1.165, 1.54) is 0 Å². The fourth-order valence-corrected chi connectivity index (χ4v) is 5.24. The van der Waals surface area contributed by atoms with Gasteiger partial charge in [0.25, 0.3) is 0 Å². The highest BCUT2D eigenvalue weighted by Crippen LogP contribution is 2.64. The van der Waals surface area contributed by atoms with E-state index in [0.29, 0.717) is 11.4 Å². The van der Waals surface area contributed by atoms with E-state index < -0.39 is 5.41 Å². The molecule has 0 heterocycles. The van der Waals surface area contributed by atoms with E-state index in [-0.39, 0.29) is 11.5 Å². The van der Waals surface area contributed by atoms with Gasteiger partial charge in [-0.05, 0) is 68.8 Å². The Morgan fingerprint density at radius 3 is 1.38 bits per heavy atom. The molecule has 0 aromatic heterocycles. The van der Waals surface area contributed by atoms with Crippen LogP contribution >= 0.6 is 0 Å². The SMILES string of the molecule is Nc1cc2c(cc1O)C1(c3ccccc3-2)c2ccccc2-c2cc(N)c(O)cc21. The molecule has 140 valence electrons. The molecule has 0 atom stereocenters. The molecule has 0 fully saturated rings. The highest BCUT2D eigenvalue weighted by molar-refractivity contribution is 5.97. The molecule has 4 aromatic carbocycles. The normalized spacial score (nSPS) is 14.3. The highest BCUT2D eigenvalue weighted by Gasteiger charge is 2.52. The third kappa shape index (κ3) is 1.74. The number of hydrogen-bond acceptors (Lipinski definition) is 4. The van der Waals surface area contributed by atoms with Crippen molar-refractivity contribution in [3.63, 3.8) is 0 Å². The van der Waals surface area contributed by atoms with Crippen LogP contribution in [0.2, 0.25) is 0 Å². The summed E-state index contributed by atoms with van der Waals surface area (Å²) in [6.45, 7) is 0. The minimum Gasteiger partial charge on any atom is -0.506 e. The highest BCUT2D eigenvalue weighted by atomic mass is 16.3. The Morgan fingerprint density at radius 2 is 0.931 bits per heavy atom. The molecule has 4 heteroatoms. The second-order valence-corrected chi connectivity index (χ2v) is 7.75. The first-order chi connectivity index (χ1) is 14.0. The quantitative estimate of drug-likeness (QED) is 0.229. The maximum Gasteiger partial charge on any atom is 0.138 e. The molecule has 0 aliphatic heterocycles. The molecule has 0 bridgehead atoms. The molecular weight excluding hydrogens is 360 g/mol. The van der Waals surface area contributed by atoms with E-state index in [0.717, 1.165) is 44.5 Å². The molecule has 0 saturated carbocycles. The maximum absolute atomic E-state index is 10.5. The zero-order valence-corrected chi connectivity index (χ0v) is 15.5. The number of anilines is 2. The van der Waals surface area contributed by atoms with Crippen molar-refractivity contribution in [2.45, 2.75) is 5.41 Å². The lowest BCUT2D eigenvalue weighted by molar-refractivity contribution is 0.475. The van der Waals surface area contributed by atoms with Gasteiger partial charge >= 0.3 is 0 Å². The van der Waals surface area contributed by atoms with Gasteiger partial charge in [-0.25, -0.2) is 0 Å². The lowest BCUT2D eigenvalue weighted by Crippen LogP contribution is -2.25. The van der Waals surface area contributed by atoms with Crippen LogP contribution in [0, 0.1) is 0 Å². The summed E-state index contributed by atoms with van der Waals surface area (Å²) in [5.74, 6) is 0.114. The van der Waals surface area contributed by atoms with Gasteiger partial charge in [-0.3, -0.25) is 0 Å². The van der Waals surface area contributed by atoms with Crippen molar-refractivity contribution in [3.05, 3.63) is 95.1 Å². The Kier molecular flexibility index (Phi) is 2.83. The summed E-state index contributed by atoms with van der Waals surface area (Å²) < 4.78 is 0. The van der Waals surface area contributed by atoms with E-state index in [9.17, 15) is 10.2 Å². The molecule has 1 spiro atoms. The summed E-state index contributed by atoms with van der Waals surface area (Å²) in [5, 5.41) is 21.0. The number of rotatable bonds is 0. The van der Waals surface area contributed by atoms with Gasteiger partial charge in [-0.15, -0.1) is 0 Å². The van der Waals surface area contributed by atoms with E-state index in [2.05, 4.69) is 24.3 Å². The molecular formula is C25H18N2O2. The second kappa shape index (κ2) is 5.11. The van der Waals surface area contributed by atoms with Crippen molar-refractivity contribution in [2.24, 2.45) is 0 Å². The van der Waals surface area contributed by atoms with E-state index in [4.69, 9.17) is 11.5 Å². The second-order valence-electron chi connectivity index (χ2n) is 7.75. The fraction of sp³-hybridized carbons (Fsp3) is 0.0400. The van der Waals surface area contributed by atoms with Crippen molar-refractivity contribution in [1.82, 2.24) is 0 Å². The first-order valence-corrected chi connectivity index (χ1v) is 9.49. The zero-order chi connectivity index (χ0) is 19.9. The van der Waals surface area contributed by atoms with Gasteiger partial charge in [0.2, 0.25) is 0 Å². The van der Waals surface area contributed by atoms with Gasteiger partial charge in [0.15, 0.2) is 0 Å². The van der Waals surface area contributed by atoms with Crippen molar-refractivity contribution >= 4 is 11.4 Å². The number of fused-ring (bicyclic) bond motifs is 10. The third-order valence-corrected chi connectivity index (χ3v) is 6.38. The van der Waals surface area contributed by atoms with Crippen LogP contribution in [0.3, 0.4) is 0 Å². The summed E-state index contributed by atoms with van der Waals surface area (Å²) >= 11 is 0. The zero-order valence-electron chi connectivity index (χ0n) is 15.5. The van der Waals surface area contributed by atoms with E-state index in [1.807, 2.05) is 36.4 Å². The molecule has 0 unspecified atom stereocenters. The van der Waals surface area contributed by atoms with Crippen LogP contribution in [0.5, 0.6) is 11.5 Å². The van der Waals surface area contributed by atoms with Gasteiger partial charge in [0, 0.05) is 0 Å². The van der Waals surface area contributed by atoms with Crippen LogP contribution < -0.4 is 11.5 Å². The Bertz CT molecular complexity index is 1250. The van der Waals surface area contributed by atoms with E-state index >= 15 is 0 Å². The van der Waals surface area contributed by atoms with Gasteiger partial charge < -0.3 is 21.7 Å². The number of aromatic hydroxyl groups is 2. The number of nitrogen functional groups attached to an aromatic ring is 2. The van der Waals surface area contributed by atoms with Crippen LogP contribution in [-0.4, -0.2) is 10.2 Å². The predicted molar refractivity (Wildman–Crippen MR) is 115 cm³/mol. The van der Waals surface area contributed by atoms with Crippen LogP contribution in [0.15, 0.2) is 72.8 Å². The molecule has 0 amide bonds. The largest absolute Gasteiger partial charge is 0.506 e. The summed E-state index contributed by atoms with van der Waals surface area (Å²) in [6, 6.07) is 23.7. The molecule has 4 aromatic rings. The molecule has 29 heavy (non-hydrogen) atoms. The molecule has 6 rings (SSSR count). The smallest absolute Gasteiger partial charge is 0.138 e. The first-order valence-electron chi connectivity index (χ1n) is 9.49. The van der Waals surface area contributed by atoms with Crippen LogP contribution in [0.1, 0.15) is 22.3 Å². The Hall–Kier alpha value is -3.92. The number of phenolic OH excluding ortho intramolecular Hbond substituents is 2. The topological polar surface area (TPSA) is 92.5 Å².